The summed E-state index contributed by atoms with van der Waals surface area (Å²) in [6.07, 6.45) is 3.01. The minimum atomic E-state index is -3.54. The number of nitriles is 1. The van der Waals surface area contributed by atoms with Crippen molar-refractivity contribution in [1.82, 2.24) is 4.72 Å². The van der Waals surface area contributed by atoms with Crippen LogP contribution >= 0.6 is 0 Å². The van der Waals surface area contributed by atoms with Crippen LogP contribution in [0.1, 0.15) is 31.2 Å². The fourth-order valence-corrected chi connectivity index (χ4v) is 3.58. The number of aliphatic hydroxyl groups excluding tert-OH is 1. The lowest BCUT2D eigenvalue weighted by Crippen LogP contribution is -2.33. The summed E-state index contributed by atoms with van der Waals surface area (Å²) in [6.45, 7) is 0.347. The Balaban J connectivity index is 1.98. The van der Waals surface area contributed by atoms with Gasteiger partial charge in [0.2, 0.25) is 10.0 Å². The Morgan fingerprint density at radius 3 is 2.60 bits per heavy atom. The molecule has 1 aliphatic carbocycles. The maximum atomic E-state index is 12.1. The summed E-state index contributed by atoms with van der Waals surface area (Å²) in [5, 5.41) is 18.3. The fourth-order valence-electron chi connectivity index (χ4n) is 2.47. The number of nitrogens with zero attached hydrogens (tertiary/aromatic N) is 1. The number of sulfonamides is 1. The zero-order chi connectivity index (χ0) is 14.6. The van der Waals surface area contributed by atoms with E-state index in [4.69, 9.17) is 5.26 Å². The molecular weight excluding hydrogens is 276 g/mol. The summed E-state index contributed by atoms with van der Waals surface area (Å²) in [6, 6.07) is 7.78. The number of hydrogen-bond donors (Lipinski definition) is 2. The first-order valence-corrected chi connectivity index (χ1v) is 8.17. The normalized spacial score (nSPS) is 23.2. The predicted molar refractivity (Wildman–Crippen MR) is 74.3 cm³/mol. The zero-order valence-electron chi connectivity index (χ0n) is 11.1. The van der Waals surface area contributed by atoms with Gasteiger partial charge in [0.15, 0.2) is 0 Å². The summed E-state index contributed by atoms with van der Waals surface area (Å²) in [5.41, 5.74) is 0.430. The Kier molecular flexibility index (Phi) is 4.76. The lowest BCUT2D eigenvalue weighted by atomic mass is 9.87. The first kappa shape index (κ1) is 15.0. The van der Waals surface area contributed by atoms with Crippen molar-refractivity contribution in [3.63, 3.8) is 0 Å². The fraction of sp³-hybridized carbons (Fsp3) is 0.500. The van der Waals surface area contributed by atoms with Gasteiger partial charge in [0.1, 0.15) is 0 Å². The lowest BCUT2D eigenvalue weighted by Gasteiger charge is -2.25. The van der Waals surface area contributed by atoms with Gasteiger partial charge in [-0.25, -0.2) is 13.1 Å². The molecule has 0 aliphatic heterocycles. The van der Waals surface area contributed by atoms with Crippen molar-refractivity contribution < 1.29 is 13.5 Å². The van der Waals surface area contributed by atoms with Gasteiger partial charge in [-0.15, -0.1) is 0 Å². The Bertz CT molecular complexity index is 590. The first-order valence-electron chi connectivity index (χ1n) is 6.69. The van der Waals surface area contributed by atoms with Crippen LogP contribution in [-0.4, -0.2) is 26.2 Å². The van der Waals surface area contributed by atoms with E-state index in [0.29, 0.717) is 18.5 Å². The third-order valence-corrected chi connectivity index (χ3v) is 5.05. The quantitative estimate of drug-likeness (QED) is 0.878. The van der Waals surface area contributed by atoms with Crippen molar-refractivity contribution in [2.75, 3.05) is 6.54 Å². The van der Waals surface area contributed by atoms with E-state index in [9.17, 15) is 13.5 Å². The molecule has 0 radical (unpaired) electrons. The number of rotatable bonds is 4. The summed E-state index contributed by atoms with van der Waals surface area (Å²) in [4.78, 5) is 0.160. The largest absolute Gasteiger partial charge is 0.393 e. The van der Waals surface area contributed by atoms with Gasteiger partial charge in [-0.1, -0.05) is 6.42 Å². The minimum absolute atomic E-state index is 0.160. The SMILES string of the molecule is N#Cc1ccc(S(=O)(=O)NC[C@@H]2CCC[C@@H](O)C2)cc1. The maximum Gasteiger partial charge on any atom is 0.240 e. The van der Waals surface area contributed by atoms with Gasteiger partial charge in [-0.3, -0.25) is 0 Å². The average Bonchev–Trinajstić information content (AvgIpc) is 2.45. The average molecular weight is 294 g/mol. The molecule has 0 heterocycles. The molecule has 0 aromatic heterocycles. The van der Waals surface area contributed by atoms with Crippen molar-refractivity contribution in [3.05, 3.63) is 29.8 Å². The van der Waals surface area contributed by atoms with Crippen LogP contribution in [0.4, 0.5) is 0 Å². The molecular formula is C14H18N2O3S. The van der Waals surface area contributed by atoms with Crippen molar-refractivity contribution in [1.29, 1.82) is 5.26 Å². The molecule has 1 aromatic carbocycles. The van der Waals surface area contributed by atoms with Gasteiger partial charge < -0.3 is 5.11 Å². The number of benzene rings is 1. The third kappa shape index (κ3) is 3.79. The van der Waals surface area contributed by atoms with Crippen LogP contribution in [0.3, 0.4) is 0 Å². The second kappa shape index (κ2) is 6.35. The molecule has 1 fully saturated rings. The number of aliphatic hydroxyl groups is 1. The van der Waals surface area contributed by atoms with E-state index in [1.807, 2.05) is 6.07 Å². The van der Waals surface area contributed by atoms with Crippen molar-refractivity contribution in [2.24, 2.45) is 5.92 Å². The highest BCUT2D eigenvalue weighted by Gasteiger charge is 2.22. The molecule has 0 amide bonds. The van der Waals surface area contributed by atoms with Gasteiger partial charge in [0.05, 0.1) is 22.6 Å². The topological polar surface area (TPSA) is 90.2 Å². The first-order chi connectivity index (χ1) is 9.51. The van der Waals surface area contributed by atoms with E-state index < -0.39 is 10.0 Å². The van der Waals surface area contributed by atoms with Crippen LogP contribution in [0, 0.1) is 17.2 Å². The molecule has 20 heavy (non-hydrogen) atoms. The molecule has 6 heteroatoms. The minimum Gasteiger partial charge on any atom is -0.393 e. The van der Waals surface area contributed by atoms with E-state index in [0.717, 1.165) is 19.3 Å². The Morgan fingerprint density at radius 1 is 1.30 bits per heavy atom. The number of hydrogen-bond acceptors (Lipinski definition) is 4. The van der Waals surface area contributed by atoms with Crippen LogP contribution < -0.4 is 4.72 Å². The smallest absolute Gasteiger partial charge is 0.240 e. The summed E-state index contributed by atoms with van der Waals surface area (Å²) < 4.78 is 26.8. The van der Waals surface area contributed by atoms with Crippen molar-refractivity contribution in [3.8, 4) is 6.07 Å². The highest BCUT2D eigenvalue weighted by atomic mass is 32.2. The Labute approximate surface area is 119 Å². The van der Waals surface area contributed by atoms with Gasteiger partial charge in [0, 0.05) is 6.54 Å². The molecule has 1 aromatic rings. The standard InChI is InChI=1S/C14H18N2O3S/c15-9-11-4-6-14(7-5-11)20(18,19)16-10-12-2-1-3-13(17)8-12/h4-7,12-13,16-17H,1-3,8,10H2/t12-,13-/m1/s1. The van der Waals surface area contributed by atoms with Gasteiger partial charge >= 0.3 is 0 Å². The zero-order valence-corrected chi connectivity index (χ0v) is 11.9. The molecule has 2 rings (SSSR count). The van der Waals surface area contributed by atoms with Crippen molar-refractivity contribution >= 4 is 10.0 Å². The molecule has 0 unspecified atom stereocenters. The Hall–Kier alpha value is -1.42. The molecule has 5 nitrogen and oxygen atoms in total. The summed E-state index contributed by atoms with van der Waals surface area (Å²) >= 11 is 0. The van der Waals surface area contributed by atoms with Crippen LogP contribution in [0.5, 0.6) is 0 Å². The highest BCUT2D eigenvalue weighted by Crippen LogP contribution is 2.24. The molecule has 2 N–H and O–H groups in total. The van der Waals surface area contributed by atoms with E-state index >= 15 is 0 Å². The van der Waals surface area contributed by atoms with Gasteiger partial charge in [-0.2, -0.15) is 5.26 Å². The van der Waals surface area contributed by atoms with Crippen LogP contribution in [-0.2, 0) is 10.0 Å². The molecule has 108 valence electrons. The van der Waals surface area contributed by atoms with E-state index in [1.165, 1.54) is 24.3 Å². The monoisotopic (exact) mass is 294 g/mol. The summed E-state index contributed by atoms with van der Waals surface area (Å²) in [7, 11) is -3.54. The van der Waals surface area contributed by atoms with Crippen LogP contribution in [0.2, 0.25) is 0 Å². The molecule has 0 saturated heterocycles. The van der Waals surface area contributed by atoms with Gasteiger partial charge in [0.25, 0.3) is 0 Å². The van der Waals surface area contributed by atoms with E-state index in [-0.39, 0.29) is 16.9 Å². The summed E-state index contributed by atoms with van der Waals surface area (Å²) in [5.74, 6) is 0.187. The third-order valence-electron chi connectivity index (χ3n) is 3.61. The van der Waals surface area contributed by atoms with E-state index in [1.54, 1.807) is 0 Å². The van der Waals surface area contributed by atoms with Crippen molar-refractivity contribution in [2.45, 2.75) is 36.7 Å². The highest BCUT2D eigenvalue weighted by molar-refractivity contribution is 7.89. The second-order valence-corrected chi connectivity index (χ2v) is 6.94. The molecule has 1 aliphatic rings. The number of nitrogens with one attached hydrogen (secondary N) is 1. The maximum absolute atomic E-state index is 12.1. The van der Waals surface area contributed by atoms with Crippen LogP contribution in [0.25, 0.3) is 0 Å². The molecule has 0 bridgehead atoms. The lowest BCUT2D eigenvalue weighted by molar-refractivity contribution is 0.102. The second-order valence-electron chi connectivity index (χ2n) is 5.17. The Morgan fingerprint density at radius 2 is 2.00 bits per heavy atom. The van der Waals surface area contributed by atoms with E-state index in [2.05, 4.69) is 4.72 Å². The predicted octanol–water partition coefficient (Wildman–Crippen LogP) is 1.39. The van der Waals surface area contributed by atoms with Gasteiger partial charge in [-0.05, 0) is 49.4 Å². The molecule has 1 saturated carbocycles. The molecule has 2 atom stereocenters. The molecule has 0 spiro atoms. The van der Waals surface area contributed by atoms with Crippen LogP contribution in [0.15, 0.2) is 29.2 Å².